The normalized spacial score (nSPS) is 18.2. The number of aromatic amines is 1. The largest absolute Gasteiger partial charge is 0.340 e. The van der Waals surface area contributed by atoms with Crippen molar-refractivity contribution in [3.63, 3.8) is 0 Å². The SMILES string of the molecule is O=C(NCc1cn(-c2cccc(Br)c2)nn1)N(C1CC1)[C@@H]1CCCN(c2nccc(=O)[nH]2)C1. The molecule has 1 saturated carbocycles. The Morgan fingerprint density at radius 3 is 2.91 bits per heavy atom. The first-order valence-corrected chi connectivity index (χ1v) is 11.9. The molecule has 2 amide bonds. The molecule has 1 aromatic carbocycles. The van der Waals surface area contributed by atoms with Gasteiger partial charge in [0.2, 0.25) is 5.95 Å². The van der Waals surface area contributed by atoms with Gasteiger partial charge in [0.15, 0.2) is 0 Å². The summed E-state index contributed by atoms with van der Waals surface area (Å²) in [6, 6.07) is 9.42. The molecule has 1 atom stereocenters. The summed E-state index contributed by atoms with van der Waals surface area (Å²) in [5.74, 6) is 0.563. The maximum Gasteiger partial charge on any atom is 0.318 e. The quantitative estimate of drug-likeness (QED) is 0.524. The van der Waals surface area contributed by atoms with E-state index in [9.17, 15) is 9.59 Å². The highest BCUT2D eigenvalue weighted by Gasteiger charge is 2.39. The first kappa shape index (κ1) is 21.6. The van der Waals surface area contributed by atoms with Crippen LogP contribution in [-0.2, 0) is 6.54 Å². The van der Waals surface area contributed by atoms with Crippen LogP contribution in [0.25, 0.3) is 5.69 Å². The number of amides is 2. The molecule has 0 unspecified atom stereocenters. The number of nitrogens with one attached hydrogen (secondary N) is 2. The van der Waals surface area contributed by atoms with E-state index in [-0.39, 0.29) is 23.7 Å². The van der Waals surface area contributed by atoms with Gasteiger partial charge in [-0.25, -0.2) is 14.5 Å². The topological polar surface area (TPSA) is 112 Å². The minimum absolute atomic E-state index is 0.0640. The summed E-state index contributed by atoms with van der Waals surface area (Å²) in [5, 5.41) is 11.4. The number of hydrogen-bond acceptors (Lipinski definition) is 6. The fourth-order valence-corrected chi connectivity index (χ4v) is 4.65. The monoisotopic (exact) mass is 512 g/mol. The van der Waals surface area contributed by atoms with Crippen LogP contribution < -0.4 is 15.8 Å². The van der Waals surface area contributed by atoms with Gasteiger partial charge in [0.25, 0.3) is 5.56 Å². The lowest BCUT2D eigenvalue weighted by atomic mass is 10.0. The van der Waals surface area contributed by atoms with Crippen molar-refractivity contribution in [2.24, 2.45) is 0 Å². The number of anilines is 1. The van der Waals surface area contributed by atoms with Gasteiger partial charge in [0.1, 0.15) is 5.69 Å². The second-order valence-electron chi connectivity index (χ2n) is 8.43. The highest BCUT2D eigenvalue weighted by molar-refractivity contribution is 9.10. The first-order chi connectivity index (χ1) is 16.1. The molecule has 172 valence electrons. The molecule has 5 rings (SSSR count). The summed E-state index contributed by atoms with van der Waals surface area (Å²) < 4.78 is 2.65. The Morgan fingerprint density at radius 1 is 1.24 bits per heavy atom. The van der Waals surface area contributed by atoms with E-state index in [4.69, 9.17) is 0 Å². The van der Waals surface area contributed by atoms with Gasteiger partial charge in [-0.15, -0.1) is 5.10 Å². The van der Waals surface area contributed by atoms with Crippen molar-refractivity contribution < 1.29 is 4.79 Å². The smallest absolute Gasteiger partial charge is 0.318 e. The van der Waals surface area contributed by atoms with Crippen LogP contribution in [0.3, 0.4) is 0 Å². The average molecular weight is 513 g/mol. The summed E-state index contributed by atoms with van der Waals surface area (Å²) >= 11 is 3.46. The van der Waals surface area contributed by atoms with E-state index in [0.29, 0.717) is 24.7 Å². The van der Waals surface area contributed by atoms with E-state index in [1.165, 1.54) is 12.3 Å². The molecule has 2 aliphatic rings. The van der Waals surface area contributed by atoms with Gasteiger partial charge in [-0.1, -0.05) is 27.2 Å². The molecule has 0 radical (unpaired) electrons. The van der Waals surface area contributed by atoms with Crippen LogP contribution in [0.15, 0.2) is 52.0 Å². The van der Waals surface area contributed by atoms with Gasteiger partial charge < -0.3 is 15.1 Å². The molecule has 1 saturated heterocycles. The van der Waals surface area contributed by atoms with E-state index in [2.05, 4.69) is 46.4 Å². The number of halogens is 1. The molecule has 33 heavy (non-hydrogen) atoms. The van der Waals surface area contributed by atoms with Gasteiger partial charge >= 0.3 is 6.03 Å². The van der Waals surface area contributed by atoms with E-state index >= 15 is 0 Å². The van der Waals surface area contributed by atoms with Gasteiger partial charge in [0, 0.05) is 35.9 Å². The molecule has 2 aromatic heterocycles. The van der Waals surface area contributed by atoms with Crippen LogP contribution in [-0.4, -0.2) is 61.1 Å². The predicted octanol–water partition coefficient (Wildman–Crippen LogP) is 2.46. The maximum absolute atomic E-state index is 13.2. The van der Waals surface area contributed by atoms with Crippen LogP contribution in [0.4, 0.5) is 10.7 Å². The Balaban J connectivity index is 1.24. The minimum Gasteiger partial charge on any atom is -0.340 e. The lowest BCUT2D eigenvalue weighted by Crippen LogP contribution is -2.54. The van der Waals surface area contributed by atoms with Crippen molar-refractivity contribution in [1.29, 1.82) is 0 Å². The summed E-state index contributed by atoms with van der Waals surface area (Å²) in [7, 11) is 0. The Hall–Kier alpha value is -3.21. The van der Waals surface area contributed by atoms with Gasteiger partial charge in [-0.2, -0.15) is 0 Å². The lowest BCUT2D eigenvalue weighted by Gasteiger charge is -2.39. The Bertz CT molecular complexity index is 1190. The molecule has 3 heterocycles. The molecule has 11 heteroatoms. The van der Waals surface area contributed by atoms with E-state index in [0.717, 1.165) is 42.4 Å². The Kier molecular flexibility index (Phi) is 6.12. The zero-order valence-electron chi connectivity index (χ0n) is 18.0. The molecule has 2 N–H and O–H groups in total. The molecule has 0 bridgehead atoms. The van der Waals surface area contributed by atoms with Crippen molar-refractivity contribution in [2.45, 2.75) is 44.3 Å². The fourth-order valence-electron chi connectivity index (χ4n) is 4.26. The molecule has 0 spiro atoms. The second-order valence-corrected chi connectivity index (χ2v) is 9.35. The van der Waals surface area contributed by atoms with Crippen LogP contribution in [0.2, 0.25) is 0 Å². The average Bonchev–Trinajstić information content (AvgIpc) is 3.53. The summed E-state index contributed by atoms with van der Waals surface area (Å²) in [6.45, 7) is 1.76. The van der Waals surface area contributed by atoms with Crippen molar-refractivity contribution in [3.8, 4) is 5.69 Å². The number of nitrogens with zero attached hydrogens (tertiary/aromatic N) is 6. The number of aromatic nitrogens is 5. The van der Waals surface area contributed by atoms with Crippen LogP contribution in [0.1, 0.15) is 31.4 Å². The molecular weight excluding hydrogens is 488 g/mol. The minimum atomic E-state index is -0.171. The first-order valence-electron chi connectivity index (χ1n) is 11.1. The molecule has 10 nitrogen and oxygen atoms in total. The van der Waals surface area contributed by atoms with Crippen LogP contribution >= 0.6 is 15.9 Å². The Morgan fingerprint density at radius 2 is 2.12 bits per heavy atom. The maximum atomic E-state index is 13.2. The highest BCUT2D eigenvalue weighted by atomic mass is 79.9. The number of piperidine rings is 1. The number of benzene rings is 1. The fraction of sp³-hybridized carbons (Fsp3) is 0.409. The number of urea groups is 1. The van der Waals surface area contributed by atoms with Gasteiger partial charge in [-0.3, -0.25) is 9.78 Å². The van der Waals surface area contributed by atoms with Crippen LogP contribution in [0.5, 0.6) is 0 Å². The number of carbonyl (C=O) groups is 1. The molecule has 1 aliphatic heterocycles. The van der Waals surface area contributed by atoms with Crippen molar-refractivity contribution in [2.75, 3.05) is 18.0 Å². The van der Waals surface area contributed by atoms with Gasteiger partial charge in [-0.05, 0) is 43.9 Å². The molecule has 1 aliphatic carbocycles. The predicted molar refractivity (Wildman–Crippen MR) is 126 cm³/mol. The molecular formula is C22H25BrN8O2. The van der Waals surface area contributed by atoms with E-state index in [1.54, 1.807) is 4.68 Å². The summed E-state index contributed by atoms with van der Waals surface area (Å²) in [6.07, 6.45) is 7.23. The summed E-state index contributed by atoms with van der Waals surface area (Å²) in [5.41, 5.74) is 1.41. The zero-order valence-corrected chi connectivity index (χ0v) is 19.6. The van der Waals surface area contributed by atoms with Crippen molar-refractivity contribution in [3.05, 3.63) is 63.2 Å². The number of carbonyl (C=O) groups excluding carboxylic acids is 1. The van der Waals surface area contributed by atoms with Gasteiger partial charge in [0.05, 0.1) is 24.5 Å². The van der Waals surface area contributed by atoms with Crippen LogP contribution in [0, 0.1) is 0 Å². The number of H-pyrrole nitrogens is 1. The number of rotatable bonds is 6. The third-order valence-corrected chi connectivity index (χ3v) is 6.45. The standard InChI is InChI=1S/C22H25BrN8O2/c23-15-3-1-4-18(11-15)30-13-16(27-28-30)12-25-22(33)31(17-6-7-17)19-5-2-10-29(14-19)21-24-9-8-20(32)26-21/h1,3-4,8-9,11,13,17,19H,2,5-7,10,12,14H2,(H,25,33)(H,24,26,32)/t19-/m1/s1. The van der Waals surface area contributed by atoms with Crippen molar-refractivity contribution in [1.82, 2.24) is 35.2 Å². The van der Waals surface area contributed by atoms with Crippen molar-refractivity contribution >= 4 is 27.9 Å². The number of hydrogen-bond donors (Lipinski definition) is 2. The second kappa shape index (κ2) is 9.34. The van der Waals surface area contributed by atoms with E-state index < -0.39 is 0 Å². The third kappa shape index (κ3) is 5.08. The zero-order chi connectivity index (χ0) is 22.8. The molecule has 3 aromatic rings. The van der Waals surface area contributed by atoms with E-state index in [1.807, 2.05) is 35.4 Å². The third-order valence-electron chi connectivity index (χ3n) is 5.96. The summed E-state index contributed by atoms with van der Waals surface area (Å²) in [4.78, 5) is 36.0. The lowest BCUT2D eigenvalue weighted by molar-refractivity contribution is 0.160. The Labute approximate surface area is 199 Å². The highest BCUT2D eigenvalue weighted by Crippen LogP contribution is 2.32. The molecule has 2 fully saturated rings.